The predicted molar refractivity (Wildman–Crippen MR) is 111 cm³/mol. The number of nitrogens with one attached hydrogen (secondary N) is 1. The van der Waals surface area contributed by atoms with Crippen LogP contribution < -0.4 is 5.32 Å². The summed E-state index contributed by atoms with van der Waals surface area (Å²) in [7, 11) is -3.69. The Morgan fingerprint density at radius 1 is 1.00 bits per heavy atom. The highest BCUT2D eigenvalue weighted by atomic mass is 35.5. The Balaban J connectivity index is 1.83. The number of hydrogen-bond donors (Lipinski definition) is 1. The minimum Gasteiger partial charge on any atom is -0.340 e. The summed E-state index contributed by atoms with van der Waals surface area (Å²) in [6.07, 6.45) is 0. The van der Waals surface area contributed by atoms with Gasteiger partial charge in [0.1, 0.15) is 5.82 Å². The highest BCUT2D eigenvalue weighted by molar-refractivity contribution is 7.89. The lowest BCUT2D eigenvalue weighted by atomic mass is 10.2. The van der Waals surface area contributed by atoms with Crippen LogP contribution in [0.15, 0.2) is 66.7 Å². The zero-order chi connectivity index (χ0) is 19.7. The van der Waals surface area contributed by atoms with E-state index < -0.39 is 10.0 Å². The second kappa shape index (κ2) is 7.26. The average molecular weight is 413 g/mol. The largest absolute Gasteiger partial charge is 0.340 e. The molecular weight excluding hydrogens is 396 g/mol. The van der Waals surface area contributed by atoms with E-state index in [0.717, 1.165) is 5.69 Å². The topological polar surface area (TPSA) is 76.9 Å². The molecule has 0 aliphatic heterocycles. The van der Waals surface area contributed by atoms with E-state index in [1.54, 1.807) is 25.1 Å². The van der Waals surface area contributed by atoms with E-state index >= 15 is 0 Å². The van der Waals surface area contributed by atoms with Crippen LogP contribution >= 0.6 is 11.6 Å². The van der Waals surface area contributed by atoms with Crippen molar-refractivity contribution in [3.8, 4) is 0 Å². The van der Waals surface area contributed by atoms with Crippen molar-refractivity contribution in [2.45, 2.75) is 12.7 Å². The Hall–Kier alpha value is -2.90. The molecule has 0 radical (unpaired) electrons. The highest BCUT2D eigenvalue weighted by Crippen LogP contribution is 2.29. The summed E-state index contributed by atoms with van der Waals surface area (Å²) in [5.74, 6) is 0.319. The molecule has 2 aromatic heterocycles. The van der Waals surface area contributed by atoms with Gasteiger partial charge in [-0.1, -0.05) is 48.5 Å². The molecule has 4 rings (SSSR count). The van der Waals surface area contributed by atoms with Crippen LogP contribution in [0.4, 0.5) is 11.5 Å². The number of rotatable bonds is 5. The van der Waals surface area contributed by atoms with Gasteiger partial charge in [-0.3, -0.25) is 0 Å². The number of fused-ring (bicyclic) bond motifs is 1. The molecule has 2 heterocycles. The van der Waals surface area contributed by atoms with E-state index in [1.807, 2.05) is 48.5 Å². The lowest BCUT2D eigenvalue weighted by Gasteiger charge is -2.11. The van der Waals surface area contributed by atoms with Crippen molar-refractivity contribution >= 4 is 44.2 Å². The molecule has 1 N–H and O–H groups in total. The Morgan fingerprint density at radius 2 is 1.64 bits per heavy atom. The molecule has 0 spiro atoms. The average Bonchev–Trinajstić information content (AvgIpc) is 3.00. The monoisotopic (exact) mass is 412 g/mol. The van der Waals surface area contributed by atoms with Crippen molar-refractivity contribution in [2.75, 3.05) is 5.32 Å². The van der Waals surface area contributed by atoms with Gasteiger partial charge in [-0.05, 0) is 42.3 Å². The van der Waals surface area contributed by atoms with Gasteiger partial charge < -0.3 is 5.32 Å². The summed E-state index contributed by atoms with van der Waals surface area (Å²) in [6.45, 7) is 1.73. The van der Waals surface area contributed by atoms with Crippen LogP contribution in [0.3, 0.4) is 0 Å². The fraction of sp³-hybridized carbons (Fsp3) is 0.100. The van der Waals surface area contributed by atoms with Crippen molar-refractivity contribution in [1.82, 2.24) is 13.9 Å². The Kier molecular flexibility index (Phi) is 4.78. The van der Waals surface area contributed by atoms with Crippen LogP contribution in [-0.2, 0) is 15.8 Å². The summed E-state index contributed by atoms with van der Waals surface area (Å²) in [6, 6.07) is 20.2. The number of nitrogens with zero attached hydrogens (tertiary/aromatic N) is 3. The van der Waals surface area contributed by atoms with Crippen LogP contribution in [0.2, 0.25) is 5.28 Å². The van der Waals surface area contributed by atoms with Crippen molar-refractivity contribution in [1.29, 1.82) is 0 Å². The van der Waals surface area contributed by atoms with Crippen molar-refractivity contribution in [3.05, 3.63) is 83.3 Å². The number of anilines is 2. The summed E-state index contributed by atoms with van der Waals surface area (Å²) in [5, 5.41) is 3.74. The maximum atomic E-state index is 13.1. The molecular formula is C20H17ClN4O2S. The molecule has 0 unspecified atom stereocenters. The minimum atomic E-state index is -3.69. The molecule has 2 aromatic carbocycles. The molecule has 0 aliphatic rings. The van der Waals surface area contributed by atoms with E-state index in [9.17, 15) is 8.42 Å². The lowest BCUT2D eigenvalue weighted by Crippen LogP contribution is -2.17. The maximum absolute atomic E-state index is 13.1. The second-order valence-electron chi connectivity index (χ2n) is 6.36. The van der Waals surface area contributed by atoms with Gasteiger partial charge in [-0.2, -0.15) is 9.97 Å². The van der Waals surface area contributed by atoms with Crippen LogP contribution in [0.25, 0.3) is 11.0 Å². The highest BCUT2D eigenvalue weighted by Gasteiger charge is 2.23. The lowest BCUT2D eigenvalue weighted by molar-refractivity contribution is 0.587. The molecule has 0 saturated heterocycles. The van der Waals surface area contributed by atoms with Gasteiger partial charge in [0.2, 0.25) is 15.3 Å². The van der Waals surface area contributed by atoms with Gasteiger partial charge >= 0.3 is 0 Å². The number of hydrogen-bond acceptors (Lipinski definition) is 5. The summed E-state index contributed by atoms with van der Waals surface area (Å²) in [5.41, 5.74) is 2.31. The van der Waals surface area contributed by atoms with E-state index in [-0.39, 0.29) is 16.7 Å². The van der Waals surface area contributed by atoms with Gasteiger partial charge in [0.15, 0.2) is 5.65 Å². The molecule has 28 heavy (non-hydrogen) atoms. The minimum absolute atomic E-state index is 0.0276. The first-order chi connectivity index (χ1) is 13.4. The normalized spacial score (nSPS) is 11.6. The van der Waals surface area contributed by atoms with Crippen molar-refractivity contribution in [2.24, 2.45) is 0 Å². The zero-order valence-electron chi connectivity index (χ0n) is 15.0. The summed E-state index contributed by atoms with van der Waals surface area (Å²) in [4.78, 5) is 8.46. The van der Waals surface area contributed by atoms with Crippen molar-refractivity contribution in [3.63, 3.8) is 0 Å². The molecule has 0 saturated carbocycles. The number of aryl methyl sites for hydroxylation is 1. The first-order valence-electron chi connectivity index (χ1n) is 8.59. The van der Waals surface area contributed by atoms with Gasteiger partial charge in [0.25, 0.3) is 0 Å². The SMILES string of the molecule is Cc1cc2c(Nc3ccccc3)nc(Cl)nc2n1S(=O)(=O)Cc1ccccc1. The maximum Gasteiger partial charge on any atom is 0.244 e. The van der Waals surface area contributed by atoms with Gasteiger partial charge in [0, 0.05) is 11.4 Å². The first-order valence-corrected chi connectivity index (χ1v) is 10.6. The fourth-order valence-corrected chi connectivity index (χ4v) is 4.91. The quantitative estimate of drug-likeness (QED) is 0.488. The van der Waals surface area contributed by atoms with E-state index in [0.29, 0.717) is 22.5 Å². The smallest absolute Gasteiger partial charge is 0.244 e. The molecule has 6 nitrogen and oxygen atoms in total. The Bertz CT molecular complexity index is 1240. The third-order valence-corrected chi connectivity index (χ3v) is 6.16. The third-order valence-electron chi connectivity index (χ3n) is 4.27. The predicted octanol–water partition coefficient (Wildman–Crippen LogP) is 4.51. The zero-order valence-corrected chi connectivity index (χ0v) is 16.6. The van der Waals surface area contributed by atoms with Crippen LogP contribution in [0.1, 0.15) is 11.3 Å². The van der Waals surface area contributed by atoms with E-state index in [2.05, 4.69) is 15.3 Å². The van der Waals surface area contributed by atoms with Crippen LogP contribution in [0.5, 0.6) is 0 Å². The standard InChI is InChI=1S/C20H17ClN4O2S/c1-14-12-17-18(22-16-10-6-3-7-11-16)23-20(21)24-19(17)25(14)28(26,27)13-15-8-4-2-5-9-15/h2-12H,13H2,1H3,(H,22,23,24). The Labute approximate surface area is 167 Å². The number of aromatic nitrogens is 3. The van der Waals surface area contributed by atoms with Crippen molar-refractivity contribution < 1.29 is 8.42 Å². The number of para-hydroxylation sites is 1. The van der Waals surface area contributed by atoms with E-state index in [4.69, 9.17) is 11.6 Å². The molecule has 8 heteroatoms. The van der Waals surface area contributed by atoms with Gasteiger partial charge in [-0.15, -0.1) is 0 Å². The second-order valence-corrected chi connectivity index (χ2v) is 8.52. The van der Waals surface area contributed by atoms with Gasteiger partial charge in [-0.25, -0.2) is 12.4 Å². The third kappa shape index (κ3) is 3.58. The van der Waals surface area contributed by atoms with Crippen LogP contribution in [-0.4, -0.2) is 22.4 Å². The van der Waals surface area contributed by atoms with E-state index in [1.165, 1.54) is 3.97 Å². The fourth-order valence-electron chi connectivity index (χ4n) is 3.11. The molecule has 0 atom stereocenters. The summed E-state index contributed by atoms with van der Waals surface area (Å²) >= 11 is 6.11. The van der Waals surface area contributed by atoms with Crippen LogP contribution in [0, 0.1) is 6.92 Å². The molecule has 142 valence electrons. The molecule has 0 bridgehead atoms. The number of halogens is 1. The molecule has 0 aliphatic carbocycles. The molecule has 0 amide bonds. The molecule has 0 fully saturated rings. The summed E-state index contributed by atoms with van der Waals surface area (Å²) < 4.78 is 27.5. The first kappa shape index (κ1) is 18.5. The Morgan fingerprint density at radius 3 is 2.32 bits per heavy atom. The van der Waals surface area contributed by atoms with Gasteiger partial charge in [0.05, 0.1) is 11.1 Å². The number of benzene rings is 2. The molecule has 4 aromatic rings.